The molecule has 0 aliphatic carbocycles. The van der Waals surface area contributed by atoms with Crippen LogP contribution in [0.15, 0.2) is 48.5 Å². The van der Waals surface area contributed by atoms with Gasteiger partial charge in [0.2, 0.25) is 0 Å². The van der Waals surface area contributed by atoms with E-state index in [9.17, 15) is 14.7 Å². The molecule has 0 aliphatic heterocycles. The van der Waals surface area contributed by atoms with Crippen molar-refractivity contribution in [1.29, 1.82) is 0 Å². The van der Waals surface area contributed by atoms with Gasteiger partial charge < -0.3 is 24.7 Å². The predicted octanol–water partition coefficient (Wildman–Crippen LogP) is -0.0256. The zero-order chi connectivity index (χ0) is 21.2. The molecule has 1 atom stereocenters. The quantitative estimate of drug-likeness (QED) is 0.398. The number of halogens is 2. The van der Waals surface area contributed by atoms with Crippen LogP contribution in [-0.4, -0.2) is 38.2 Å². The van der Waals surface area contributed by atoms with Crippen molar-refractivity contribution in [1.82, 2.24) is 5.32 Å². The Morgan fingerprint density at radius 3 is 2.30 bits per heavy atom. The number of rotatable bonds is 10. The largest absolute Gasteiger partial charge is 1.00 e. The zero-order valence-electron chi connectivity index (χ0n) is 16.7. The van der Waals surface area contributed by atoms with Gasteiger partial charge in [-0.2, -0.15) is 0 Å². The van der Waals surface area contributed by atoms with Crippen LogP contribution in [0.2, 0.25) is 10.0 Å². The fourth-order valence-electron chi connectivity index (χ4n) is 2.42. The smallest absolute Gasteiger partial charge is 0.548 e. The number of benzene rings is 2. The Labute approximate surface area is 207 Å². The Bertz CT molecular complexity index is 854. The molecule has 0 aromatic heterocycles. The third-order valence-electron chi connectivity index (χ3n) is 3.90. The molecule has 6 nitrogen and oxygen atoms in total. The molecule has 2 rings (SSSR count). The Balaban J connectivity index is 0.00000450. The van der Waals surface area contributed by atoms with Crippen molar-refractivity contribution >= 4 is 41.2 Å². The van der Waals surface area contributed by atoms with Crippen LogP contribution >= 0.6 is 23.2 Å². The number of methoxy groups -OCH3 is 1. The fourth-order valence-corrected chi connectivity index (χ4v) is 2.99. The van der Waals surface area contributed by atoms with Gasteiger partial charge in [-0.1, -0.05) is 53.6 Å². The number of amides is 1. The maximum atomic E-state index is 12.4. The van der Waals surface area contributed by atoms with Crippen molar-refractivity contribution in [3.05, 3.63) is 69.7 Å². The van der Waals surface area contributed by atoms with Crippen LogP contribution in [0.1, 0.15) is 22.3 Å². The molecule has 2 aromatic rings. The van der Waals surface area contributed by atoms with Gasteiger partial charge in [0.05, 0.1) is 34.2 Å². The summed E-state index contributed by atoms with van der Waals surface area (Å²) in [6.07, 6.45) is 3.40. The molecular weight excluding hydrogens is 440 g/mol. The van der Waals surface area contributed by atoms with E-state index in [-0.39, 0.29) is 51.6 Å². The number of nitrogens with one attached hydrogen (secondary N) is 1. The van der Waals surface area contributed by atoms with E-state index in [1.807, 2.05) is 12.1 Å². The average Bonchev–Trinajstić information content (AvgIpc) is 2.68. The third-order valence-corrected chi connectivity index (χ3v) is 4.53. The van der Waals surface area contributed by atoms with Gasteiger partial charge in [0.1, 0.15) is 12.4 Å². The molecule has 0 saturated heterocycles. The van der Waals surface area contributed by atoms with Gasteiger partial charge in [-0.25, -0.2) is 0 Å². The Hall–Kier alpha value is -1.54. The number of hydrogen-bond donors (Lipinski definition) is 1. The van der Waals surface area contributed by atoms with Gasteiger partial charge in [0.15, 0.2) is 0 Å². The van der Waals surface area contributed by atoms with Crippen molar-refractivity contribution in [2.24, 2.45) is 0 Å². The molecule has 1 unspecified atom stereocenters. The number of aliphatic carboxylic acids is 1. The minimum atomic E-state index is -1.41. The van der Waals surface area contributed by atoms with E-state index in [4.69, 9.17) is 32.7 Å². The second-order valence-corrected chi connectivity index (χ2v) is 6.80. The SMILES string of the molecule is COCCOc1ccc(/C=C/CC(NC(=O)c2c(Cl)cccc2Cl)C(=O)[O-])cc1.[Na+]. The summed E-state index contributed by atoms with van der Waals surface area (Å²) in [5.41, 5.74) is 0.872. The fraction of sp³-hybridized carbons (Fsp3) is 0.238. The summed E-state index contributed by atoms with van der Waals surface area (Å²) in [5, 5.41) is 14.1. The van der Waals surface area contributed by atoms with Gasteiger partial charge in [-0.15, -0.1) is 0 Å². The average molecular weight is 460 g/mol. The monoisotopic (exact) mass is 459 g/mol. The van der Waals surface area contributed by atoms with Crippen LogP contribution in [0, 0.1) is 0 Å². The molecule has 1 amide bonds. The number of carbonyl (C=O) groups is 2. The number of carboxylic acid groups (broad SMARTS) is 1. The van der Waals surface area contributed by atoms with Crippen LogP contribution in [0.25, 0.3) is 6.08 Å². The van der Waals surface area contributed by atoms with Gasteiger partial charge in [-0.05, 0) is 36.2 Å². The summed E-state index contributed by atoms with van der Waals surface area (Å²) in [6, 6.07) is 10.6. The van der Waals surface area contributed by atoms with E-state index in [2.05, 4.69) is 5.32 Å². The van der Waals surface area contributed by atoms with Crippen molar-refractivity contribution in [2.45, 2.75) is 12.5 Å². The second-order valence-electron chi connectivity index (χ2n) is 5.99. The summed E-state index contributed by atoms with van der Waals surface area (Å²) in [6.45, 7) is 0.950. The molecule has 30 heavy (non-hydrogen) atoms. The Morgan fingerprint density at radius 2 is 1.73 bits per heavy atom. The number of hydrogen-bond acceptors (Lipinski definition) is 5. The summed E-state index contributed by atoms with van der Waals surface area (Å²) >= 11 is 12.0. The van der Waals surface area contributed by atoms with Gasteiger partial charge in [0.25, 0.3) is 5.91 Å². The molecule has 0 spiro atoms. The van der Waals surface area contributed by atoms with E-state index in [0.717, 1.165) is 5.56 Å². The summed E-state index contributed by atoms with van der Waals surface area (Å²) in [5.74, 6) is -1.38. The van der Waals surface area contributed by atoms with Crippen LogP contribution in [-0.2, 0) is 9.53 Å². The van der Waals surface area contributed by atoms with Crippen molar-refractivity contribution < 1.29 is 53.7 Å². The van der Waals surface area contributed by atoms with E-state index in [1.54, 1.807) is 37.5 Å². The topological polar surface area (TPSA) is 87.7 Å². The summed E-state index contributed by atoms with van der Waals surface area (Å²) in [7, 11) is 1.60. The molecular formula is C21H20Cl2NNaO5. The van der Waals surface area contributed by atoms with Crippen LogP contribution in [0.3, 0.4) is 0 Å². The van der Waals surface area contributed by atoms with Crippen molar-refractivity contribution in [3.63, 3.8) is 0 Å². The molecule has 9 heteroatoms. The minimum Gasteiger partial charge on any atom is -0.548 e. The first-order valence-corrected chi connectivity index (χ1v) is 9.52. The van der Waals surface area contributed by atoms with E-state index in [0.29, 0.717) is 19.0 Å². The van der Waals surface area contributed by atoms with Crippen molar-refractivity contribution in [2.75, 3.05) is 20.3 Å². The number of carboxylic acids is 1. The third kappa shape index (κ3) is 8.30. The number of ether oxygens (including phenoxy) is 2. The first-order valence-electron chi connectivity index (χ1n) is 8.76. The molecule has 154 valence electrons. The minimum absolute atomic E-state index is 0. The molecule has 0 fully saturated rings. The first kappa shape index (κ1) is 26.5. The molecule has 0 saturated carbocycles. The summed E-state index contributed by atoms with van der Waals surface area (Å²) in [4.78, 5) is 23.8. The van der Waals surface area contributed by atoms with E-state index >= 15 is 0 Å². The molecule has 0 bridgehead atoms. The molecule has 0 radical (unpaired) electrons. The zero-order valence-corrected chi connectivity index (χ0v) is 20.2. The Morgan fingerprint density at radius 1 is 1.10 bits per heavy atom. The predicted molar refractivity (Wildman–Crippen MR) is 110 cm³/mol. The number of carbonyl (C=O) groups excluding carboxylic acids is 2. The van der Waals surface area contributed by atoms with Gasteiger partial charge in [-0.3, -0.25) is 4.79 Å². The van der Waals surface area contributed by atoms with Crippen LogP contribution < -0.4 is 44.7 Å². The van der Waals surface area contributed by atoms with Crippen molar-refractivity contribution in [3.8, 4) is 5.75 Å². The second kappa shape index (κ2) is 13.7. The van der Waals surface area contributed by atoms with Crippen LogP contribution in [0.4, 0.5) is 0 Å². The molecule has 1 N–H and O–H groups in total. The molecule has 0 aliphatic rings. The Kier molecular flexibility index (Phi) is 12.1. The van der Waals surface area contributed by atoms with Crippen LogP contribution in [0.5, 0.6) is 5.75 Å². The normalized spacial score (nSPS) is 11.6. The maximum Gasteiger partial charge on any atom is 1.00 e. The standard InChI is InChI=1S/C21H21Cl2NO5.Na/c1-28-12-13-29-15-10-8-14(9-11-15)4-2-7-18(21(26)27)24-20(25)19-16(22)5-3-6-17(19)23;/h2-6,8-11,18H,7,12-13H2,1H3,(H,24,25)(H,26,27);/q;+1/p-1/b4-2+;. The van der Waals surface area contributed by atoms with Gasteiger partial charge in [0, 0.05) is 7.11 Å². The maximum absolute atomic E-state index is 12.4. The molecule has 2 aromatic carbocycles. The van der Waals surface area contributed by atoms with Gasteiger partial charge >= 0.3 is 29.6 Å². The van der Waals surface area contributed by atoms with E-state index in [1.165, 1.54) is 12.1 Å². The summed E-state index contributed by atoms with van der Waals surface area (Å²) < 4.78 is 10.4. The first-order chi connectivity index (χ1) is 13.9. The molecule has 0 heterocycles. The van der Waals surface area contributed by atoms with E-state index < -0.39 is 17.9 Å².